The first-order valence-electron chi connectivity index (χ1n) is 6.82. The second-order valence-corrected chi connectivity index (χ2v) is 5.30. The molecule has 2 heterocycles. The van der Waals surface area contributed by atoms with Crippen molar-refractivity contribution < 1.29 is 9.21 Å². The van der Waals surface area contributed by atoms with Gasteiger partial charge >= 0.3 is 6.01 Å². The summed E-state index contributed by atoms with van der Waals surface area (Å²) in [7, 11) is 0. The number of amides is 1. The van der Waals surface area contributed by atoms with Gasteiger partial charge in [0, 0.05) is 25.0 Å². The number of hydrogen-bond donors (Lipinski definition) is 2. The lowest BCUT2D eigenvalue weighted by Crippen LogP contribution is -2.38. The predicted molar refractivity (Wildman–Crippen MR) is 68.3 cm³/mol. The van der Waals surface area contributed by atoms with E-state index in [2.05, 4.69) is 15.5 Å². The van der Waals surface area contributed by atoms with E-state index >= 15 is 0 Å². The van der Waals surface area contributed by atoms with Gasteiger partial charge < -0.3 is 20.4 Å². The van der Waals surface area contributed by atoms with Crippen molar-refractivity contribution in [2.75, 3.05) is 18.0 Å². The third kappa shape index (κ3) is 3.04. The summed E-state index contributed by atoms with van der Waals surface area (Å²) in [5.74, 6) is 0.397. The molecule has 2 aliphatic rings. The number of nitrogens with two attached hydrogens (primary N) is 1. The van der Waals surface area contributed by atoms with Gasteiger partial charge in [-0.05, 0) is 25.7 Å². The molecule has 2 fully saturated rings. The molecule has 1 amide bonds. The molecule has 1 aromatic rings. The van der Waals surface area contributed by atoms with E-state index in [1.807, 2.05) is 4.90 Å². The van der Waals surface area contributed by atoms with E-state index in [9.17, 15) is 4.79 Å². The van der Waals surface area contributed by atoms with Crippen molar-refractivity contribution in [3.05, 3.63) is 5.89 Å². The van der Waals surface area contributed by atoms with Crippen LogP contribution in [-0.2, 0) is 11.3 Å². The molecular weight excluding hydrogens is 246 g/mol. The first kappa shape index (κ1) is 12.4. The number of piperidine rings is 1. The van der Waals surface area contributed by atoms with Gasteiger partial charge in [0.2, 0.25) is 11.8 Å². The van der Waals surface area contributed by atoms with Crippen LogP contribution in [0.15, 0.2) is 4.42 Å². The summed E-state index contributed by atoms with van der Waals surface area (Å²) in [6, 6.07) is 1.18. The van der Waals surface area contributed by atoms with Crippen LogP contribution >= 0.6 is 0 Å². The lowest BCUT2D eigenvalue weighted by atomic mass is 9.97. The molecule has 3 rings (SSSR count). The third-order valence-corrected chi connectivity index (χ3v) is 3.74. The highest BCUT2D eigenvalue weighted by Crippen LogP contribution is 2.23. The van der Waals surface area contributed by atoms with Gasteiger partial charge in [0.25, 0.3) is 0 Å². The maximum atomic E-state index is 11.1. The van der Waals surface area contributed by atoms with E-state index in [0.29, 0.717) is 24.5 Å². The number of rotatable bonds is 5. The topological polar surface area (TPSA) is 97.3 Å². The van der Waals surface area contributed by atoms with E-state index in [0.717, 1.165) is 25.9 Å². The maximum absolute atomic E-state index is 11.1. The monoisotopic (exact) mass is 265 g/mol. The molecule has 1 saturated heterocycles. The normalized spacial score (nSPS) is 20.7. The molecule has 1 aliphatic carbocycles. The third-order valence-electron chi connectivity index (χ3n) is 3.74. The Kier molecular flexibility index (Phi) is 3.37. The van der Waals surface area contributed by atoms with Crippen molar-refractivity contribution in [1.29, 1.82) is 0 Å². The molecule has 0 atom stereocenters. The van der Waals surface area contributed by atoms with E-state index in [4.69, 9.17) is 10.2 Å². The lowest BCUT2D eigenvalue weighted by Gasteiger charge is -2.28. The summed E-state index contributed by atoms with van der Waals surface area (Å²) >= 11 is 0. The Morgan fingerprint density at radius 3 is 2.68 bits per heavy atom. The van der Waals surface area contributed by atoms with Gasteiger partial charge in [-0.2, -0.15) is 0 Å². The van der Waals surface area contributed by atoms with Crippen LogP contribution in [0.3, 0.4) is 0 Å². The summed E-state index contributed by atoms with van der Waals surface area (Å²) in [5.41, 5.74) is 5.31. The molecule has 104 valence electrons. The van der Waals surface area contributed by atoms with Gasteiger partial charge in [-0.3, -0.25) is 4.79 Å². The van der Waals surface area contributed by atoms with Crippen LogP contribution in [-0.4, -0.2) is 35.2 Å². The van der Waals surface area contributed by atoms with E-state index in [1.165, 1.54) is 12.8 Å². The second kappa shape index (κ2) is 5.16. The maximum Gasteiger partial charge on any atom is 0.318 e. The van der Waals surface area contributed by atoms with E-state index in [-0.39, 0.29) is 11.8 Å². The molecular formula is C12H19N5O2. The van der Waals surface area contributed by atoms with Crippen LogP contribution in [0, 0.1) is 5.92 Å². The molecule has 3 N–H and O–H groups in total. The quantitative estimate of drug-likeness (QED) is 0.779. The largest absolute Gasteiger partial charge is 0.407 e. The second-order valence-electron chi connectivity index (χ2n) is 5.30. The number of hydrogen-bond acceptors (Lipinski definition) is 6. The van der Waals surface area contributed by atoms with Crippen molar-refractivity contribution in [3.8, 4) is 0 Å². The zero-order chi connectivity index (χ0) is 13.2. The Balaban J connectivity index is 1.52. The van der Waals surface area contributed by atoms with Crippen LogP contribution in [0.2, 0.25) is 0 Å². The fourth-order valence-corrected chi connectivity index (χ4v) is 2.32. The molecule has 0 spiro atoms. The van der Waals surface area contributed by atoms with Gasteiger partial charge in [0.05, 0.1) is 6.54 Å². The Morgan fingerprint density at radius 2 is 2.05 bits per heavy atom. The molecule has 0 aromatic carbocycles. The van der Waals surface area contributed by atoms with Crippen LogP contribution in [0.5, 0.6) is 0 Å². The van der Waals surface area contributed by atoms with Crippen molar-refractivity contribution in [1.82, 2.24) is 15.5 Å². The molecule has 1 aromatic heterocycles. The molecule has 0 unspecified atom stereocenters. The zero-order valence-corrected chi connectivity index (χ0v) is 10.8. The number of carbonyl (C=O) groups is 1. The fraction of sp³-hybridized carbons (Fsp3) is 0.750. The van der Waals surface area contributed by atoms with Crippen molar-refractivity contribution in [2.45, 2.75) is 38.3 Å². The summed E-state index contributed by atoms with van der Waals surface area (Å²) in [6.45, 7) is 2.12. The number of nitrogens with one attached hydrogen (secondary N) is 1. The van der Waals surface area contributed by atoms with Gasteiger partial charge in [-0.15, -0.1) is 5.10 Å². The molecule has 1 saturated carbocycles. The average molecular weight is 265 g/mol. The highest BCUT2D eigenvalue weighted by Gasteiger charge is 2.26. The Bertz CT molecular complexity index is 449. The highest BCUT2D eigenvalue weighted by atomic mass is 16.4. The van der Waals surface area contributed by atoms with Crippen LogP contribution in [0.25, 0.3) is 0 Å². The van der Waals surface area contributed by atoms with Gasteiger partial charge in [-0.25, -0.2) is 0 Å². The highest BCUT2D eigenvalue weighted by molar-refractivity contribution is 5.76. The number of anilines is 1. The average Bonchev–Trinajstić information content (AvgIpc) is 3.13. The van der Waals surface area contributed by atoms with Gasteiger partial charge in [-0.1, -0.05) is 5.10 Å². The smallest absolute Gasteiger partial charge is 0.318 e. The van der Waals surface area contributed by atoms with Crippen molar-refractivity contribution in [2.24, 2.45) is 11.7 Å². The summed E-state index contributed by atoms with van der Waals surface area (Å²) in [4.78, 5) is 13.1. The number of carbonyl (C=O) groups excluding carboxylic acids is 1. The van der Waals surface area contributed by atoms with Gasteiger partial charge in [0.15, 0.2) is 0 Å². The predicted octanol–water partition coefficient (Wildman–Crippen LogP) is 0.0233. The minimum absolute atomic E-state index is 0.0184. The van der Waals surface area contributed by atoms with Crippen molar-refractivity contribution >= 4 is 11.9 Å². The molecule has 0 bridgehead atoms. The molecule has 19 heavy (non-hydrogen) atoms. The zero-order valence-electron chi connectivity index (χ0n) is 10.8. The number of primary amides is 1. The van der Waals surface area contributed by atoms with Gasteiger partial charge in [0.1, 0.15) is 0 Å². The van der Waals surface area contributed by atoms with Crippen LogP contribution in [0.4, 0.5) is 6.01 Å². The van der Waals surface area contributed by atoms with E-state index < -0.39 is 0 Å². The molecule has 7 heteroatoms. The summed E-state index contributed by atoms with van der Waals surface area (Å²) in [5, 5.41) is 11.4. The summed E-state index contributed by atoms with van der Waals surface area (Å²) < 4.78 is 5.62. The molecule has 7 nitrogen and oxygen atoms in total. The van der Waals surface area contributed by atoms with E-state index in [1.54, 1.807) is 0 Å². The molecule has 1 aliphatic heterocycles. The Hall–Kier alpha value is -1.63. The standard InChI is InChI=1S/C12H19N5O2/c13-11(18)8-3-5-17(6-4-8)12-16-15-10(19-12)7-14-9-1-2-9/h8-9,14H,1-7H2,(H2,13,18). The minimum Gasteiger partial charge on any atom is -0.407 e. The lowest BCUT2D eigenvalue weighted by molar-refractivity contribution is -0.122. The molecule has 0 radical (unpaired) electrons. The number of nitrogens with zero attached hydrogens (tertiary/aromatic N) is 3. The Morgan fingerprint density at radius 1 is 1.32 bits per heavy atom. The van der Waals surface area contributed by atoms with Crippen molar-refractivity contribution in [3.63, 3.8) is 0 Å². The van der Waals surface area contributed by atoms with Crippen LogP contribution < -0.4 is 16.0 Å². The Labute approximate surface area is 111 Å². The summed E-state index contributed by atoms with van der Waals surface area (Å²) in [6.07, 6.45) is 3.99. The first-order chi connectivity index (χ1) is 9.22. The SMILES string of the molecule is NC(=O)C1CCN(c2nnc(CNC3CC3)o2)CC1. The fourth-order valence-electron chi connectivity index (χ4n) is 2.32. The minimum atomic E-state index is -0.209. The van der Waals surface area contributed by atoms with Crippen LogP contribution in [0.1, 0.15) is 31.6 Å². The first-order valence-corrected chi connectivity index (χ1v) is 6.82. The number of aromatic nitrogens is 2.